The van der Waals surface area contributed by atoms with Crippen LogP contribution < -0.4 is 0 Å². The summed E-state index contributed by atoms with van der Waals surface area (Å²) in [5, 5.41) is 0. The molecule has 0 aliphatic heterocycles. The van der Waals surface area contributed by atoms with Crippen molar-refractivity contribution in [2.75, 3.05) is 0 Å². The summed E-state index contributed by atoms with van der Waals surface area (Å²) in [5.74, 6) is -0.106. The Morgan fingerprint density at radius 1 is 1.12 bits per heavy atom. The fraction of sp³-hybridized carbons (Fsp3) is 0.786. The van der Waals surface area contributed by atoms with Crippen LogP contribution in [0.5, 0.6) is 0 Å². The average Bonchev–Trinajstić information content (AvgIpc) is 2.13. The summed E-state index contributed by atoms with van der Waals surface area (Å²) in [6.07, 6.45) is 10.5. The maximum Gasteiger partial charge on any atom is 0.306 e. The maximum absolute atomic E-state index is 11.3. The van der Waals surface area contributed by atoms with Crippen LogP contribution in [0.2, 0.25) is 0 Å². The van der Waals surface area contributed by atoms with Crippen LogP contribution in [-0.2, 0) is 9.53 Å². The van der Waals surface area contributed by atoms with Crippen molar-refractivity contribution < 1.29 is 9.53 Å². The van der Waals surface area contributed by atoms with E-state index < -0.39 is 0 Å². The van der Waals surface area contributed by atoms with Gasteiger partial charge in [-0.3, -0.25) is 4.79 Å². The van der Waals surface area contributed by atoms with E-state index in [1.165, 1.54) is 19.3 Å². The van der Waals surface area contributed by atoms with Crippen LogP contribution in [0, 0.1) is 0 Å². The van der Waals surface area contributed by atoms with Crippen molar-refractivity contribution in [2.24, 2.45) is 0 Å². The Morgan fingerprint density at radius 3 is 2.31 bits per heavy atom. The molecular weight excluding hydrogens is 200 g/mol. The van der Waals surface area contributed by atoms with Crippen LogP contribution in [0.1, 0.15) is 66.2 Å². The fourth-order valence-corrected chi connectivity index (χ4v) is 1.34. The zero-order valence-electron chi connectivity index (χ0n) is 11.2. The minimum absolute atomic E-state index is 0.106. The highest BCUT2D eigenvalue weighted by Crippen LogP contribution is 2.09. The molecule has 0 amide bonds. The Labute approximate surface area is 100 Å². The largest absolute Gasteiger partial charge is 0.460 e. The van der Waals surface area contributed by atoms with E-state index in [0.29, 0.717) is 6.42 Å². The highest BCUT2D eigenvalue weighted by Gasteiger charge is 2.14. The summed E-state index contributed by atoms with van der Waals surface area (Å²) in [6, 6.07) is 0. The number of ether oxygens (including phenoxy) is 1. The van der Waals surface area contributed by atoms with E-state index >= 15 is 0 Å². The molecule has 0 aromatic heterocycles. The summed E-state index contributed by atoms with van der Waals surface area (Å²) in [6.45, 7) is 7.88. The molecular formula is C14H26O2. The van der Waals surface area contributed by atoms with Gasteiger partial charge in [0, 0.05) is 6.42 Å². The third-order valence-electron chi connectivity index (χ3n) is 2.08. The van der Waals surface area contributed by atoms with Gasteiger partial charge in [0.15, 0.2) is 0 Å². The Morgan fingerprint density at radius 2 is 1.75 bits per heavy atom. The van der Waals surface area contributed by atoms with Gasteiger partial charge in [0.2, 0.25) is 0 Å². The molecule has 0 spiro atoms. The fourth-order valence-electron chi connectivity index (χ4n) is 1.34. The van der Waals surface area contributed by atoms with Crippen molar-refractivity contribution in [3.05, 3.63) is 12.2 Å². The summed E-state index contributed by atoms with van der Waals surface area (Å²) in [4.78, 5) is 11.3. The van der Waals surface area contributed by atoms with Gasteiger partial charge >= 0.3 is 5.97 Å². The monoisotopic (exact) mass is 226 g/mol. The van der Waals surface area contributed by atoms with E-state index in [0.717, 1.165) is 12.8 Å². The molecule has 2 heteroatoms. The van der Waals surface area contributed by atoms with Gasteiger partial charge in [0.05, 0.1) is 0 Å². The number of hydrogen-bond acceptors (Lipinski definition) is 2. The number of allylic oxidation sites excluding steroid dienone is 2. The minimum Gasteiger partial charge on any atom is -0.460 e. The molecule has 0 aromatic rings. The Kier molecular flexibility index (Phi) is 7.96. The standard InChI is InChI=1S/C14H26O2/c1-5-6-7-8-9-10-11-12-13(15)16-14(2,3)4/h9-10H,5-8,11-12H2,1-4H3. The van der Waals surface area contributed by atoms with Gasteiger partial charge in [-0.25, -0.2) is 0 Å². The molecule has 2 nitrogen and oxygen atoms in total. The molecule has 0 aromatic carbocycles. The molecule has 0 aliphatic carbocycles. The zero-order valence-corrected chi connectivity index (χ0v) is 11.2. The molecule has 0 atom stereocenters. The van der Waals surface area contributed by atoms with Gasteiger partial charge in [-0.15, -0.1) is 0 Å². The lowest BCUT2D eigenvalue weighted by Gasteiger charge is -2.19. The predicted molar refractivity (Wildman–Crippen MR) is 68.4 cm³/mol. The number of rotatable bonds is 7. The van der Waals surface area contributed by atoms with Gasteiger partial charge in [-0.2, -0.15) is 0 Å². The topological polar surface area (TPSA) is 26.3 Å². The molecule has 16 heavy (non-hydrogen) atoms. The second-order valence-corrected chi connectivity index (χ2v) is 5.09. The van der Waals surface area contributed by atoms with Crippen LogP contribution in [0.25, 0.3) is 0 Å². The van der Waals surface area contributed by atoms with Crippen molar-refractivity contribution >= 4 is 5.97 Å². The number of carbonyl (C=O) groups excluding carboxylic acids is 1. The summed E-state index contributed by atoms with van der Waals surface area (Å²) < 4.78 is 5.21. The second kappa shape index (κ2) is 8.37. The molecule has 0 rings (SSSR count). The minimum atomic E-state index is -0.359. The first kappa shape index (κ1) is 15.2. The number of hydrogen-bond donors (Lipinski definition) is 0. The summed E-state index contributed by atoms with van der Waals surface area (Å²) >= 11 is 0. The van der Waals surface area contributed by atoms with Gasteiger partial charge in [-0.1, -0.05) is 31.9 Å². The van der Waals surface area contributed by atoms with Gasteiger partial charge in [0.25, 0.3) is 0 Å². The van der Waals surface area contributed by atoms with Crippen LogP contribution in [0.15, 0.2) is 12.2 Å². The third kappa shape index (κ3) is 11.3. The van der Waals surface area contributed by atoms with E-state index in [2.05, 4.69) is 19.1 Å². The molecule has 0 aliphatic rings. The molecule has 0 bridgehead atoms. The molecule has 0 fully saturated rings. The normalized spacial score (nSPS) is 12.0. The molecule has 94 valence electrons. The van der Waals surface area contributed by atoms with E-state index in [1.54, 1.807) is 0 Å². The Hall–Kier alpha value is -0.790. The van der Waals surface area contributed by atoms with Gasteiger partial charge in [-0.05, 0) is 40.0 Å². The number of carbonyl (C=O) groups is 1. The quantitative estimate of drug-likeness (QED) is 0.368. The zero-order chi connectivity index (χ0) is 12.4. The lowest BCUT2D eigenvalue weighted by atomic mass is 10.1. The first-order valence-corrected chi connectivity index (χ1v) is 6.32. The molecule has 0 saturated carbocycles. The Bertz CT molecular complexity index is 211. The smallest absolute Gasteiger partial charge is 0.306 e. The Balaban J connectivity index is 3.47. The van der Waals surface area contributed by atoms with Crippen LogP contribution in [-0.4, -0.2) is 11.6 Å². The average molecular weight is 226 g/mol. The second-order valence-electron chi connectivity index (χ2n) is 5.09. The summed E-state index contributed by atoms with van der Waals surface area (Å²) in [7, 11) is 0. The van der Waals surface area contributed by atoms with Crippen LogP contribution >= 0.6 is 0 Å². The molecule has 0 saturated heterocycles. The van der Waals surface area contributed by atoms with E-state index in [-0.39, 0.29) is 11.6 Å². The third-order valence-corrected chi connectivity index (χ3v) is 2.08. The van der Waals surface area contributed by atoms with Crippen molar-refractivity contribution in [2.45, 2.75) is 71.8 Å². The number of unbranched alkanes of at least 4 members (excludes halogenated alkanes) is 3. The SMILES string of the molecule is CCCCCC=CCCC(=O)OC(C)(C)C. The van der Waals surface area contributed by atoms with E-state index in [1.807, 2.05) is 20.8 Å². The van der Waals surface area contributed by atoms with Crippen molar-refractivity contribution in [3.8, 4) is 0 Å². The van der Waals surface area contributed by atoms with Gasteiger partial charge in [0.1, 0.15) is 5.60 Å². The summed E-state index contributed by atoms with van der Waals surface area (Å²) in [5.41, 5.74) is -0.359. The van der Waals surface area contributed by atoms with Crippen LogP contribution in [0.3, 0.4) is 0 Å². The first-order chi connectivity index (χ1) is 7.45. The number of esters is 1. The highest BCUT2D eigenvalue weighted by atomic mass is 16.6. The van der Waals surface area contributed by atoms with E-state index in [4.69, 9.17) is 4.74 Å². The van der Waals surface area contributed by atoms with E-state index in [9.17, 15) is 4.79 Å². The molecule has 0 N–H and O–H groups in total. The molecule has 0 heterocycles. The van der Waals surface area contributed by atoms with Crippen molar-refractivity contribution in [1.29, 1.82) is 0 Å². The van der Waals surface area contributed by atoms with Crippen molar-refractivity contribution in [3.63, 3.8) is 0 Å². The lowest BCUT2D eigenvalue weighted by Crippen LogP contribution is -2.23. The molecule has 0 unspecified atom stereocenters. The molecule has 0 radical (unpaired) electrons. The highest BCUT2D eigenvalue weighted by molar-refractivity contribution is 5.69. The predicted octanol–water partition coefficient (Wildman–Crippen LogP) is 4.24. The van der Waals surface area contributed by atoms with Crippen LogP contribution in [0.4, 0.5) is 0 Å². The van der Waals surface area contributed by atoms with Crippen molar-refractivity contribution in [1.82, 2.24) is 0 Å². The first-order valence-electron chi connectivity index (χ1n) is 6.32. The van der Waals surface area contributed by atoms with Gasteiger partial charge < -0.3 is 4.74 Å². The lowest BCUT2D eigenvalue weighted by molar-refractivity contribution is -0.154. The maximum atomic E-state index is 11.3.